The van der Waals surface area contributed by atoms with Crippen molar-refractivity contribution >= 4 is 11.8 Å². The molecule has 0 spiro atoms. The van der Waals surface area contributed by atoms with Crippen LogP contribution in [-0.2, 0) is 12.3 Å². The first-order chi connectivity index (χ1) is 10.8. The molecule has 0 aliphatic heterocycles. The van der Waals surface area contributed by atoms with E-state index in [-0.39, 0.29) is 0 Å². The summed E-state index contributed by atoms with van der Waals surface area (Å²) >= 11 is 1.74. The lowest BCUT2D eigenvalue weighted by Crippen LogP contribution is -2.00. The van der Waals surface area contributed by atoms with Gasteiger partial charge in [-0.25, -0.2) is 9.67 Å². The fourth-order valence-corrected chi connectivity index (χ4v) is 2.48. The minimum Gasteiger partial charge on any atom is -0.439 e. The summed E-state index contributed by atoms with van der Waals surface area (Å²) < 4.78 is 7.58. The highest BCUT2D eigenvalue weighted by Gasteiger charge is 2.03. The zero-order valence-electron chi connectivity index (χ0n) is 12.2. The van der Waals surface area contributed by atoms with Gasteiger partial charge in [-0.05, 0) is 30.0 Å². The molecule has 0 radical (unpaired) electrons. The van der Waals surface area contributed by atoms with Gasteiger partial charge in [-0.2, -0.15) is 11.8 Å². The highest BCUT2D eigenvalue weighted by Crippen LogP contribution is 2.20. The van der Waals surface area contributed by atoms with Crippen molar-refractivity contribution in [3.05, 3.63) is 66.1 Å². The van der Waals surface area contributed by atoms with Crippen LogP contribution in [0.25, 0.3) is 0 Å². The standard InChI is InChI=1S/C16H16N4OS/c1-22-12-14-11-20(19-18-14)10-13-5-4-6-15(9-13)21-16-7-2-3-8-17-16/h2-9,11H,10,12H2,1H3. The molecule has 0 saturated carbocycles. The number of thioether (sulfide) groups is 1. The smallest absolute Gasteiger partial charge is 0.219 e. The molecular formula is C16H16N4OS. The summed E-state index contributed by atoms with van der Waals surface area (Å²) in [6.45, 7) is 0.667. The summed E-state index contributed by atoms with van der Waals surface area (Å²) in [5.74, 6) is 2.23. The lowest BCUT2D eigenvalue weighted by molar-refractivity contribution is 0.462. The summed E-state index contributed by atoms with van der Waals surface area (Å²) in [6, 6.07) is 13.5. The number of ether oxygens (including phenoxy) is 1. The fourth-order valence-electron chi connectivity index (χ4n) is 2.05. The monoisotopic (exact) mass is 312 g/mol. The van der Waals surface area contributed by atoms with Gasteiger partial charge in [-0.15, -0.1) is 5.10 Å². The van der Waals surface area contributed by atoms with E-state index >= 15 is 0 Å². The molecule has 0 N–H and O–H groups in total. The van der Waals surface area contributed by atoms with Crippen LogP contribution in [-0.4, -0.2) is 26.2 Å². The van der Waals surface area contributed by atoms with Crippen LogP contribution in [0.3, 0.4) is 0 Å². The molecule has 0 fully saturated rings. The molecular weight excluding hydrogens is 296 g/mol. The van der Waals surface area contributed by atoms with Crippen molar-refractivity contribution in [3.63, 3.8) is 0 Å². The topological polar surface area (TPSA) is 52.8 Å². The molecule has 0 atom stereocenters. The van der Waals surface area contributed by atoms with Crippen molar-refractivity contribution in [2.24, 2.45) is 0 Å². The summed E-state index contributed by atoms with van der Waals surface area (Å²) in [4.78, 5) is 4.16. The molecule has 1 aromatic carbocycles. The van der Waals surface area contributed by atoms with Gasteiger partial charge in [0.25, 0.3) is 0 Å². The Hall–Kier alpha value is -2.34. The SMILES string of the molecule is CSCc1cn(Cc2cccc(Oc3ccccn3)c2)nn1. The molecule has 2 aromatic heterocycles. The first-order valence-electron chi connectivity index (χ1n) is 6.89. The molecule has 5 nitrogen and oxygen atoms in total. The first kappa shape index (κ1) is 14.6. The van der Waals surface area contributed by atoms with E-state index in [2.05, 4.69) is 21.6 Å². The van der Waals surface area contributed by atoms with Crippen LogP contribution in [0.4, 0.5) is 0 Å². The van der Waals surface area contributed by atoms with Gasteiger partial charge in [0, 0.05) is 24.2 Å². The number of benzene rings is 1. The molecule has 2 heterocycles. The predicted molar refractivity (Wildman–Crippen MR) is 87.1 cm³/mol. The molecule has 3 rings (SSSR count). The highest BCUT2D eigenvalue weighted by molar-refractivity contribution is 7.97. The minimum absolute atomic E-state index is 0.586. The van der Waals surface area contributed by atoms with Crippen LogP contribution in [0.15, 0.2) is 54.9 Å². The van der Waals surface area contributed by atoms with E-state index < -0.39 is 0 Å². The molecule has 0 unspecified atom stereocenters. The van der Waals surface area contributed by atoms with Crippen molar-refractivity contribution in [1.82, 2.24) is 20.0 Å². The molecule has 0 bridgehead atoms. The Kier molecular flexibility index (Phi) is 4.70. The highest BCUT2D eigenvalue weighted by atomic mass is 32.2. The van der Waals surface area contributed by atoms with Crippen LogP contribution >= 0.6 is 11.8 Å². The maximum absolute atomic E-state index is 5.74. The third kappa shape index (κ3) is 3.85. The van der Waals surface area contributed by atoms with Gasteiger partial charge >= 0.3 is 0 Å². The largest absolute Gasteiger partial charge is 0.439 e. The van der Waals surface area contributed by atoms with E-state index in [4.69, 9.17) is 4.74 Å². The van der Waals surface area contributed by atoms with Crippen molar-refractivity contribution in [3.8, 4) is 11.6 Å². The van der Waals surface area contributed by atoms with Crippen molar-refractivity contribution < 1.29 is 4.74 Å². The normalized spacial score (nSPS) is 10.6. The van der Waals surface area contributed by atoms with Gasteiger partial charge < -0.3 is 4.74 Å². The Bertz CT molecular complexity index is 730. The Morgan fingerprint density at radius 2 is 2.14 bits per heavy atom. The summed E-state index contributed by atoms with van der Waals surface area (Å²) in [5.41, 5.74) is 2.10. The second kappa shape index (κ2) is 7.09. The van der Waals surface area contributed by atoms with Crippen LogP contribution in [0.5, 0.6) is 11.6 Å². The average Bonchev–Trinajstić information content (AvgIpc) is 2.96. The molecule has 0 saturated heterocycles. The summed E-state index contributed by atoms with van der Waals surface area (Å²) in [7, 11) is 0. The van der Waals surface area contributed by atoms with E-state index in [1.54, 1.807) is 18.0 Å². The third-order valence-corrected chi connectivity index (χ3v) is 3.57. The van der Waals surface area contributed by atoms with Crippen LogP contribution in [0, 0.1) is 0 Å². The zero-order chi connectivity index (χ0) is 15.2. The van der Waals surface area contributed by atoms with E-state index in [1.807, 2.05) is 53.3 Å². The molecule has 6 heteroatoms. The number of rotatable bonds is 6. The Morgan fingerprint density at radius 3 is 2.95 bits per heavy atom. The van der Waals surface area contributed by atoms with E-state index in [0.717, 1.165) is 22.8 Å². The second-order valence-electron chi connectivity index (χ2n) is 4.76. The third-order valence-electron chi connectivity index (χ3n) is 2.98. The number of hydrogen-bond acceptors (Lipinski definition) is 5. The molecule has 0 aliphatic carbocycles. The van der Waals surface area contributed by atoms with Crippen LogP contribution < -0.4 is 4.74 Å². The average molecular weight is 312 g/mol. The quantitative estimate of drug-likeness (QED) is 0.698. The molecule has 112 valence electrons. The van der Waals surface area contributed by atoms with Gasteiger partial charge in [-0.3, -0.25) is 0 Å². The number of pyridine rings is 1. The molecule has 22 heavy (non-hydrogen) atoms. The zero-order valence-corrected chi connectivity index (χ0v) is 13.0. The van der Waals surface area contributed by atoms with Crippen molar-refractivity contribution in [1.29, 1.82) is 0 Å². The van der Waals surface area contributed by atoms with Crippen LogP contribution in [0.2, 0.25) is 0 Å². The summed E-state index contributed by atoms with van der Waals surface area (Å²) in [5, 5.41) is 8.29. The minimum atomic E-state index is 0.586. The molecule has 0 amide bonds. The summed E-state index contributed by atoms with van der Waals surface area (Å²) in [6.07, 6.45) is 5.74. The van der Waals surface area contributed by atoms with Crippen molar-refractivity contribution in [2.75, 3.05) is 6.26 Å². The van der Waals surface area contributed by atoms with E-state index in [0.29, 0.717) is 12.4 Å². The maximum Gasteiger partial charge on any atom is 0.219 e. The predicted octanol–water partition coefficient (Wildman–Crippen LogP) is 3.38. The number of nitrogens with zero attached hydrogens (tertiary/aromatic N) is 4. The number of aromatic nitrogens is 4. The lowest BCUT2D eigenvalue weighted by atomic mass is 10.2. The van der Waals surface area contributed by atoms with Gasteiger partial charge in [0.1, 0.15) is 5.75 Å². The van der Waals surface area contributed by atoms with Crippen LogP contribution in [0.1, 0.15) is 11.3 Å². The van der Waals surface area contributed by atoms with Gasteiger partial charge in [0.15, 0.2) is 0 Å². The Morgan fingerprint density at radius 1 is 1.18 bits per heavy atom. The second-order valence-corrected chi connectivity index (χ2v) is 5.62. The van der Waals surface area contributed by atoms with E-state index in [9.17, 15) is 0 Å². The molecule has 0 aliphatic rings. The lowest BCUT2D eigenvalue weighted by Gasteiger charge is -2.06. The van der Waals surface area contributed by atoms with Crippen molar-refractivity contribution in [2.45, 2.75) is 12.3 Å². The molecule has 3 aromatic rings. The first-order valence-corrected chi connectivity index (χ1v) is 8.28. The maximum atomic E-state index is 5.74. The van der Waals surface area contributed by atoms with Gasteiger partial charge in [-0.1, -0.05) is 23.4 Å². The van der Waals surface area contributed by atoms with E-state index in [1.165, 1.54) is 0 Å². The Balaban J connectivity index is 1.70. The van der Waals surface area contributed by atoms with Gasteiger partial charge in [0.2, 0.25) is 5.88 Å². The van der Waals surface area contributed by atoms with Gasteiger partial charge in [0.05, 0.1) is 12.2 Å². The Labute approximate surface area is 133 Å². The number of hydrogen-bond donors (Lipinski definition) is 0. The fraction of sp³-hybridized carbons (Fsp3) is 0.188.